The molecule has 1 heterocycles. The molecule has 0 spiro atoms. The van der Waals surface area contributed by atoms with E-state index in [0.29, 0.717) is 24.2 Å². The molecule has 1 aliphatic carbocycles. The van der Waals surface area contributed by atoms with Crippen LogP contribution in [0.5, 0.6) is 5.75 Å². The Morgan fingerprint density at radius 3 is 2.73 bits per heavy atom. The number of hydrogen-bond donors (Lipinski definition) is 1. The standard InChI is InChI=1S/C18H22N4O3.Na.H/c1-18(2,3)25-17(23)22(4)13-7-14(8-13)24-16-11(9-19)5-6-12-10-20-21-15(12)16;;/h5-6,10,13-14H,7-8H2,1-4H3,(H,20,21);;/q;+1;-1. The fourth-order valence-electron chi connectivity index (χ4n) is 2.80. The maximum atomic E-state index is 12.1. The van der Waals surface area contributed by atoms with Crippen molar-refractivity contribution in [3.05, 3.63) is 23.9 Å². The van der Waals surface area contributed by atoms with Gasteiger partial charge in [-0.2, -0.15) is 10.4 Å². The maximum absolute atomic E-state index is 12.1. The Hall–Kier alpha value is -1.75. The average molecular weight is 366 g/mol. The van der Waals surface area contributed by atoms with Gasteiger partial charge in [0, 0.05) is 31.3 Å². The van der Waals surface area contributed by atoms with Crippen LogP contribution in [0.4, 0.5) is 4.79 Å². The average Bonchev–Trinajstić information content (AvgIpc) is 2.96. The molecule has 1 amide bonds. The summed E-state index contributed by atoms with van der Waals surface area (Å²) < 4.78 is 11.4. The summed E-state index contributed by atoms with van der Waals surface area (Å²) in [6, 6.07) is 5.80. The number of aromatic nitrogens is 2. The van der Waals surface area contributed by atoms with Crippen LogP contribution < -0.4 is 34.3 Å². The molecule has 0 radical (unpaired) electrons. The van der Waals surface area contributed by atoms with Gasteiger partial charge in [-0.1, -0.05) is 0 Å². The van der Waals surface area contributed by atoms with Crippen LogP contribution in [0.25, 0.3) is 10.9 Å². The van der Waals surface area contributed by atoms with E-state index in [9.17, 15) is 10.1 Å². The topological polar surface area (TPSA) is 91.2 Å². The Labute approximate surface area is 176 Å². The molecule has 134 valence electrons. The van der Waals surface area contributed by atoms with E-state index in [1.54, 1.807) is 24.2 Å². The molecule has 1 aliphatic rings. The summed E-state index contributed by atoms with van der Waals surface area (Å²) in [5.41, 5.74) is 0.687. The summed E-state index contributed by atoms with van der Waals surface area (Å²) in [5, 5.41) is 17.1. The van der Waals surface area contributed by atoms with Gasteiger partial charge in [0.25, 0.3) is 0 Å². The Bertz CT molecular complexity index is 837. The number of carbonyl (C=O) groups is 1. The zero-order valence-corrected chi connectivity index (χ0v) is 17.9. The maximum Gasteiger partial charge on any atom is 1.00 e. The van der Waals surface area contributed by atoms with E-state index in [0.717, 1.165) is 10.9 Å². The van der Waals surface area contributed by atoms with Crippen LogP contribution in [0.2, 0.25) is 0 Å². The van der Waals surface area contributed by atoms with Gasteiger partial charge < -0.3 is 15.8 Å². The zero-order chi connectivity index (χ0) is 18.2. The summed E-state index contributed by atoms with van der Waals surface area (Å²) in [7, 11) is 1.74. The number of H-pyrrole nitrogens is 1. The molecule has 0 bridgehead atoms. The van der Waals surface area contributed by atoms with Crippen molar-refractivity contribution in [2.45, 2.75) is 51.4 Å². The van der Waals surface area contributed by atoms with Crippen molar-refractivity contribution in [3.63, 3.8) is 0 Å². The van der Waals surface area contributed by atoms with Crippen LogP contribution in [0.3, 0.4) is 0 Å². The molecule has 2 aromatic rings. The van der Waals surface area contributed by atoms with Gasteiger partial charge in [0.15, 0.2) is 5.75 Å². The summed E-state index contributed by atoms with van der Waals surface area (Å²) in [6.07, 6.45) is 2.72. The number of hydrogen-bond acceptors (Lipinski definition) is 5. The second-order valence-corrected chi connectivity index (χ2v) is 7.34. The number of nitrogens with zero attached hydrogens (tertiary/aromatic N) is 3. The first kappa shape index (κ1) is 20.6. The van der Waals surface area contributed by atoms with E-state index in [1.807, 2.05) is 26.8 Å². The van der Waals surface area contributed by atoms with E-state index in [-0.39, 0.29) is 49.2 Å². The molecule has 1 aromatic heterocycles. The van der Waals surface area contributed by atoms with E-state index in [4.69, 9.17) is 9.47 Å². The van der Waals surface area contributed by atoms with E-state index < -0.39 is 5.60 Å². The largest absolute Gasteiger partial charge is 1.00 e. The van der Waals surface area contributed by atoms with Gasteiger partial charge in [-0.05, 0) is 32.9 Å². The van der Waals surface area contributed by atoms with Crippen molar-refractivity contribution >= 4 is 17.0 Å². The fourth-order valence-corrected chi connectivity index (χ4v) is 2.80. The number of rotatable bonds is 3. The van der Waals surface area contributed by atoms with Crippen LogP contribution >= 0.6 is 0 Å². The Balaban J connectivity index is 0.00000182. The number of aromatic amines is 1. The number of nitrogens with one attached hydrogen (secondary N) is 1. The molecule has 0 atom stereocenters. The minimum absolute atomic E-state index is 0. The predicted molar refractivity (Wildman–Crippen MR) is 93.4 cm³/mol. The zero-order valence-electron chi connectivity index (χ0n) is 16.9. The summed E-state index contributed by atoms with van der Waals surface area (Å²) in [6.45, 7) is 5.54. The van der Waals surface area contributed by atoms with Gasteiger partial charge in [-0.25, -0.2) is 4.79 Å². The normalized spacial score (nSPS) is 19.0. The number of amides is 1. The molecule has 1 saturated carbocycles. The second kappa shape index (κ2) is 7.87. The molecule has 8 heteroatoms. The Kier molecular flexibility index (Phi) is 6.22. The molecule has 7 nitrogen and oxygen atoms in total. The molecular formula is C18H23N4NaO3. The van der Waals surface area contributed by atoms with Crippen molar-refractivity contribution in [2.75, 3.05) is 7.05 Å². The minimum atomic E-state index is -0.511. The van der Waals surface area contributed by atoms with Gasteiger partial charge in [0.05, 0.1) is 11.8 Å². The van der Waals surface area contributed by atoms with Gasteiger partial charge >= 0.3 is 35.7 Å². The smallest absolute Gasteiger partial charge is 1.00 e. The number of fused-ring (bicyclic) bond motifs is 1. The SMILES string of the molecule is CN(C(=O)OC(C)(C)C)C1CC(Oc2c(C#N)ccc3cn[nH]c23)C1.[H-].[Na+]. The molecular weight excluding hydrogens is 343 g/mol. The van der Waals surface area contributed by atoms with Crippen molar-refractivity contribution in [2.24, 2.45) is 0 Å². The third kappa shape index (κ3) is 4.32. The molecule has 0 unspecified atom stereocenters. The molecule has 1 fully saturated rings. The first-order chi connectivity index (χ1) is 11.8. The molecule has 3 rings (SSSR count). The van der Waals surface area contributed by atoms with Gasteiger partial charge in [-0.15, -0.1) is 0 Å². The quantitative estimate of drug-likeness (QED) is 0.791. The van der Waals surface area contributed by atoms with Crippen molar-refractivity contribution in [1.82, 2.24) is 15.1 Å². The van der Waals surface area contributed by atoms with Gasteiger partial charge in [-0.3, -0.25) is 5.10 Å². The number of carbonyl (C=O) groups excluding carboxylic acids is 1. The van der Waals surface area contributed by atoms with Crippen molar-refractivity contribution < 1.29 is 45.3 Å². The number of ether oxygens (including phenoxy) is 2. The number of nitriles is 1. The second-order valence-electron chi connectivity index (χ2n) is 7.34. The Morgan fingerprint density at radius 2 is 2.12 bits per heavy atom. The molecule has 0 saturated heterocycles. The van der Waals surface area contributed by atoms with E-state index >= 15 is 0 Å². The minimum Gasteiger partial charge on any atom is -1.00 e. The molecule has 1 N–H and O–H groups in total. The van der Waals surface area contributed by atoms with Crippen LogP contribution in [-0.2, 0) is 4.74 Å². The van der Waals surface area contributed by atoms with Gasteiger partial charge in [0.1, 0.15) is 23.3 Å². The third-order valence-electron chi connectivity index (χ3n) is 4.27. The first-order valence-corrected chi connectivity index (χ1v) is 8.27. The number of benzene rings is 1. The van der Waals surface area contributed by atoms with Crippen LogP contribution in [-0.4, -0.2) is 46.0 Å². The molecule has 1 aromatic carbocycles. The summed E-state index contributed by atoms with van der Waals surface area (Å²) >= 11 is 0. The van der Waals surface area contributed by atoms with Crippen molar-refractivity contribution in [3.8, 4) is 11.8 Å². The van der Waals surface area contributed by atoms with Crippen LogP contribution in [0.1, 0.15) is 40.6 Å². The molecule has 0 aliphatic heterocycles. The monoisotopic (exact) mass is 366 g/mol. The van der Waals surface area contributed by atoms with Gasteiger partial charge in [0.2, 0.25) is 0 Å². The molecule has 26 heavy (non-hydrogen) atoms. The van der Waals surface area contributed by atoms with Crippen LogP contribution in [0.15, 0.2) is 18.3 Å². The van der Waals surface area contributed by atoms with Crippen molar-refractivity contribution in [1.29, 1.82) is 5.26 Å². The summed E-state index contributed by atoms with van der Waals surface area (Å²) in [4.78, 5) is 13.7. The first-order valence-electron chi connectivity index (χ1n) is 8.27. The van der Waals surface area contributed by atoms with E-state index in [2.05, 4.69) is 16.3 Å². The Morgan fingerprint density at radius 1 is 1.42 bits per heavy atom. The third-order valence-corrected chi connectivity index (χ3v) is 4.27. The van der Waals surface area contributed by atoms with E-state index in [1.165, 1.54) is 0 Å². The summed E-state index contributed by atoms with van der Waals surface area (Å²) in [5.74, 6) is 0.529. The fraction of sp³-hybridized carbons (Fsp3) is 0.500. The van der Waals surface area contributed by atoms with Crippen LogP contribution in [0, 0.1) is 11.3 Å². The predicted octanol–water partition coefficient (Wildman–Crippen LogP) is 0.328.